The summed E-state index contributed by atoms with van der Waals surface area (Å²) in [5.41, 5.74) is 0.403. The van der Waals surface area contributed by atoms with Gasteiger partial charge in [-0.05, 0) is 55.8 Å². The van der Waals surface area contributed by atoms with Crippen LogP contribution in [0.25, 0.3) is 0 Å². The first-order valence-electron chi connectivity index (χ1n) is 8.26. The van der Waals surface area contributed by atoms with Gasteiger partial charge in [0.05, 0.1) is 0 Å². The van der Waals surface area contributed by atoms with E-state index in [0.29, 0.717) is 23.2 Å². The number of alkyl halides is 1. The molecular formula is C17H30BrNO. The smallest absolute Gasteiger partial charge is 0.225 e. The Kier molecular flexibility index (Phi) is 5.56. The van der Waals surface area contributed by atoms with Crippen LogP contribution in [0.2, 0.25) is 0 Å². The Hall–Kier alpha value is -0.0500. The lowest BCUT2D eigenvalue weighted by molar-refractivity contribution is -0.138. The summed E-state index contributed by atoms with van der Waals surface area (Å²) in [6, 6.07) is 0. The molecule has 1 aliphatic carbocycles. The third-order valence-electron chi connectivity index (χ3n) is 5.35. The lowest BCUT2D eigenvalue weighted by atomic mass is 9.69. The molecule has 2 rings (SSSR count). The first kappa shape index (κ1) is 16.3. The van der Waals surface area contributed by atoms with Crippen LogP contribution in [0.3, 0.4) is 0 Å². The SMILES string of the molecule is CC(C)(C)C1CCC(C(=O)N2CCCC(CBr)C2)CC1. The van der Waals surface area contributed by atoms with Crippen LogP contribution >= 0.6 is 15.9 Å². The summed E-state index contributed by atoms with van der Waals surface area (Å²) in [6.45, 7) is 8.98. The van der Waals surface area contributed by atoms with Crippen molar-refractivity contribution in [3.05, 3.63) is 0 Å². The second-order valence-corrected chi connectivity index (χ2v) is 8.51. The van der Waals surface area contributed by atoms with Gasteiger partial charge in [0.2, 0.25) is 5.91 Å². The number of rotatable bonds is 2. The van der Waals surface area contributed by atoms with Crippen molar-refractivity contribution in [1.82, 2.24) is 4.90 Å². The molecule has 1 saturated heterocycles. The normalized spacial score (nSPS) is 32.2. The van der Waals surface area contributed by atoms with Crippen LogP contribution in [0.4, 0.5) is 0 Å². The number of carbonyl (C=O) groups is 1. The van der Waals surface area contributed by atoms with E-state index in [4.69, 9.17) is 0 Å². The van der Waals surface area contributed by atoms with Gasteiger partial charge in [0.1, 0.15) is 0 Å². The Morgan fingerprint density at radius 3 is 2.35 bits per heavy atom. The maximum Gasteiger partial charge on any atom is 0.225 e. The van der Waals surface area contributed by atoms with Crippen LogP contribution in [0, 0.1) is 23.2 Å². The van der Waals surface area contributed by atoms with E-state index in [-0.39, 0.29) is 0 Å². The van der Waals surface area contributed by atoms with E-state index in [9.17, 15) is 4.79 Å². The average Bonchev–Trinajstić information content (AvgIpc) is 2.46. The number of piperidine rings is 1. The molecule has 0 aromatic heterocycles. The number of nitrogens with zero attached hydrogens (tertiary/aromatic N) is 1. The predicted molar refractivity (Wildman–Crippen MR) is 88.0 cm³/mol. The summed E-state index contributed by atoms with van der Waals surface area (Å²) in [6.07, 6.45) is 7.13. The van der Waals surface area contributed by atoms with Crippen molar-refractivity contribution < 1.29 is 4.79 Å². The van der Waals surface area contributed by atoms with E-state index in [0.717, 1.165) is 37.2 Å². The fraction of sp³-hybridized carbons (Fsp3) is 0.941. The third-order valence-corrected chi connectivity index (χ3v) is 6.27. The van der Waals surface area contributed by atoms with Gasteiger partial charge in [0, 0.05) is 24.3 Å². The number of likely N-dealkylation sites (tertiary alicyclic amines) is 1. The first-order chi connectivity index (χ1) is 9.41. The number of amides is 1. The minimum Gasteiger partial charge on any atom is -0.342 e. The van der Waals surface area contributed by atoms with E-state index in [2.05, 4.69) is 41.6 Å². The first-order valence-corrected chi connectivity index (χ1v) is 9.38. The fourth-order valence-electron chi connectivity index (χ4n) is 3.86. The largest absolute Gasteiger partial charge is 0.342 e. The molecule has 1 atom stereocenters. The predicted octanol–water partition coefficient (Wildman–Crippen LogP) is 4.47. The standard InChI is InChI=1S/C17H30BrNO/c1-17(2,3)15-8-6-14(7-9-15)16(20)19-10-4-5-13(11-18)12-19/h13-15H,4-12H2,1-3H3. The Morgan fingerprint density at radius 2 is 1.80 bits per heavy atom. The van der Waals surface area contributed by atoms with E-state index in [1.54, 1.807) is 0 Å². The molecule has 0 bridgehead atoms. The van der Waals surface area contributed by atoms with Gasteiger partial charge in [0.25, 0.3) is 0 Å². The summed E-state index contributed by atoms with van der Waals surface area (Å²) in [5, 5.41) is 1.04. The molecule has 20 heavy (non-hydrogen) atoms. The maximum absolute atomic E-state index is 12.7. The zero-order valence-electron chi connectivity index (χ0n) is 13.3. The molecule has 1 amide bonds. The van der Waals surface area contributed by atoms with Gasteiger partial charge in [-0.3, -0.25) is 4.79 Å². The average molecular weight is 344 g/mol. The van der Waals surface area contributed by atoms with Crippen molar-refractivity contribution in [2.24, 2.45) is 23.2 Å². The Balaban J connectivity index is 1.85. The highest BCUT2D eigenvalue weighted by Crippen LogP contribution is 2.40. The highest BCUT2D eigenvalue weighted by Gasteiger charge is 2.35. The van der Waals surface area contributed by atoms with Crippen molar-refractivity contribution in [3.8, 4) is 0 Å². The molecule has 0 aromatic rings. The van der Waals surface area contributed by atoms with Gasteiger partial charge in [-0.25, -0.2) is 0 Å². The zero-order chi connectivity index (χ0) is 14.8. The summed E-state index contributed by atoms with van der Waals surface area (Å²) < 4.78 is 0. The maximum atomic E-state index is 12.7. The molecule has 1 saturated carbocycles. The monoisotopic (exact) mass is 343 g/mol. The quantitative estimate of drug-likeness (QED) is 0.677. The lowest BCUT2D eigenvalue weighted by Crippen LogP contribution is -2.44. The van der Waals surface area contributed by atoms with E-state index in [1.807, 2.05) is 0 Å². The fourth-order valence-corrected chi connectivity index (χ4v) is 4.38. The highest BCUT2D eigenvalue weighted by molar-refractivity contribution is 9.09. The Morgan fingerprint density at radius 1 is 1.15 bits per heavy atom. The third kappa shape index (κ3) is 3.99. The van der Waals surface area contributed by atoms with Crippen molar-refractivity contribution in [1.29, 1.82) is 0 Å². The minimum atomic E-state index is 0.308. The molecule has 2 nitrogen and oxygen atoms in total. The van der Waals surface area contributed by atoms with Gasteiger partial charge in [-0.15, -0.1) is 0 Å². The molecule has 0 spiro atoms. The lowest BCUT2D eigenvalue weighted by Gasteiger charge is -2.39. The van der Waals surface area contributed by atoms with Crippen molar-refractivity contribution in [2.45, 2.75) is 59.3 Å². The summed E-state index contributed by atoms with van der Waals surface area (Å²) in [5.74, 6) is 2.22. The molecule has 2 aliphatic rings. The molecular weight excluding hydrogens is 314 g/mol. The summed E-state index contributed by atoms with van der Waals surface area (Å²) in [7, 11) is 0. The number of hydrogen-bond acceptors (Lipinski definition) is 1. The van der Waals surface area contributed by atoms with E-state index in [1.165, 1.54) is 25.7 Å². The zero-order valence-corrected chi connectivity index (χ0v) is 14.9. The van der Waals surface area contributed by atoms with Gasteiger partial charge < -0.3 is 4.90 Å². The van der Waals surface area contributed by atoms with Crippen molar-refractivity contribution >= 4 is 21.8 Å². The van der Waals surface area contributed by atoms with Crippen LogP contribution in [0.15, 0.2) is 0 Å². The Labute approximate surface area is 132 Å². The minimum absolute atomic E-state index is 0.308. The van der Waals surface area contributed by atoms with Crippen LogP contribution in [-0.2, 0) is 4.79 Å². The van der Waals surface area contributed by atoms with Gasteiger partial charge in [-0.1, -0.05) is 36.7 Å². The van der Waals surface area contributed by atoms with Crippen molar-refractivity contribution in [2.75, 3.05) is 18.4 Å². The highest BCUT2D eigenvalue weighted by atomic mass is 79.9. The molecule has 0 aromatic carbocycles. The molecule has 3 heteroatoms. The van der Waals surface area contributed by atoms with E-state index >= 15 is 0 Å². The molecule has 2 fully saturated rings. The number of hydrogen-bond donors (Lipinski definition) is 0. The van der Waals surface area contributed by atoms with Gasteiger partial charge in [-0.2, -0.15) is 0 Å². The second-order valence-electron chi connectivity index (χ2n) is 7.86. The second kappa shape index (κ2) is 6.81. The molecule has 1 heterocycles. The van der Waals surface area contributed by atoms with Crippen LogP contribution < -0.4 is 0 Å². The topological polar surface area (TPSA) is 20.3 Å². The molecule has 1 aliphatic heterocycles. The van der Waals surface area contributed by atoms with E-state index < -0.39 is 0 Å². The number of carbonyl (C=O) groups excluding carboxylic acids is 1. The Bertz CT molecular complexity index is 328. The molecule has 116 valence electrons. The van der Waals surface area contributed by atoms with Gasteiger partial charge >= 0.3 is 0 Å². The van der Waals surface area contributed by atoms with Gasteiger partial charge in [0.15, 0.2) is 0 Å². The number of halogens is 1. The molecule has 0 N–H and O–H groups in total. The molecule has 1 unspecified atom stereocenters. The summed E-state index contributed by atoms with van der Waals surface area (Å²) in [4.78, 5) is 14.8. The van der Waals surface area contributed by atoms with Crippen LogP contribution in [-0.4, -0.2) is 29.2 Å². The van der Waals surface area contributed by atoms with Crippen LogP contribution in [0.5, 0.6) is 0 Å². The summed E-state index contributed by atoms with van der Waals surface area (Å²) >= 11 is 3.58. The van der Waals surface area contributed by atoms with Crippen LogP contribution in [0.1, 0.15) is 59.3 Å². The molecule has 0 radical (unpaired) electrons. The van der Waals surface area contributed by atoms with Crippen molar-refractivity contribution in [3.63, 3.8) is 0 Å².